The van der Waals surface area contributed by atoms with E-state index in [0.29, 0.717) is 5.82 Å². The Balaban J connectivity index is 1.22. The zero-order valence-electron chi connectivity index (χ0n) is 25.8. The first-order valence-electron chi connectivity index (χ1n) is 16.2. The summed E-state index contributed by atoms with van der Waals surface area (Å²) in [5.74, 6) is 0.709. The van der Waals surface area contributed by atoms with Gasteiger partial charge < -0.3 is 4.57 Å². The summed E-state index contributed by atoms with van der Waals surface area (Å²) in [6.07, 6.45) is 0. The molecule has 3 nitrogen and oxygen atoms in total. The Labute approximate surface area is 281 Å². The Morgan fingerprint density at radius 3 is 1.79 bits per heavy atom. The smallest absolute Gasteiger partial charge is 0.160 e. The van der Waals surface area contributed by atoms with Gasteiger partial charge in [0.05, 0.1) is 22.4 Å². The normalized spacial score (nSPS) is 11.8. The van der Waals surface area contributed by atoms with Crippen molar-refractivity contribution >= 4 is 64.8 Å². The van der Waals surface area contributed by atoms with Gasteiger partial charge in [0.25, 0.3) is 0 Å². The van der Waals surface area contributed by atoms with E-state index in [-0.39, 0.29) is 0 Å². The highest BCUT2D eigenvalue weighted by atomic mass is 32.1. The molecule has 3 heterocycles. The molecule has 0 bridgehead atoms. The number of fused-ring (bicyclic) bond motifs is 10. The van der Waals surface area contributed by atoms with Crippen LogP contribution >= 0.6 is 11.3 Å². The summed E-state index contributed by atoms with van der Waals surface area (Å²) in [6, 6.07) is 56.0. The van der Waals surface area contributed by atoms with E-state index >= 15 is 0 Å². The van der Waals surface area contributed by atoms with E-state index in [4.69, 9.17) is 9.97 Å². The molecule has 0 spiro atoms. The zero-order valence-corrected chi connectivity index (χ0v) is 26.7. The summed E-state index contributed by atoms with van der Waals surface area (Å²) in [6.45, 7) is 0. The molecule has 48 heavy (non-hydrogen) atoms. The van der Waals surface area contributed by atoms with E-state index in [1.807, 2.05) is 23.5 Å². The summed E-state index contributed by atoms with van der Waals surface area (Å²) >= 11 is 1.83. The molecular weight excluding hydrogens is 603 g/mol. The van der Waals surface area contributed by atoms with E-state index in [2.05, 4.69) is 156 Å². The zero-order chi connectivity index (χ0) is 31.6. The number of thiophene rings is 1. The van der Waals surface area contributed by atoms with E-state index in [1.165, 1.54) is 53.4 Å². The van der Waals surface area contributed by atoms with Crippen molar-refractivity contribution in [1.29, 1.82) is 0 Å². The summed E-state index contributed by atoms with van der Waals surface area (Å²) in [5, 5.41) is 11.2. The van der Waals surface area contributed by atoms with Crippen LogP contribution in [0.5, 0.6) is 0 Å². The number of rotatable bonds is 4. The van der Waals surface area contributed by atoms with Gasteiger partial charge in [-0.15, -0.1) is 11.3 Å². The Morgan fingerprint density at radius 1 is 0.458 bits per heavy atom. The van der Waals surface area contributed by atoms with Crippen molar-refractivity contribution in [2.24, 2.45) is 0 Å². The predicted molar refractivity (Wildman–Crippen MR) is 203 cm³/mol. The molecular formula is C44H27N3S. The Hall–Kier alpha value is -6.10. The molecule has 3 aromatic heterocycles. The molecule has 7 aromatic carbocycles. The van der Waals surface area contributed by atoms with E-state index in [0.717, 1.165) is 33.8 Å². The predicted octanol–water partition coefficient (Wildman–Crippen LogP) is 12.1. The first-order valence-corrected chi connectivity index (χ1v) is 17.0. The molecule has 0 fully saturated rings. The van der Waals surface area contributed by atoms with Crippen LogP contribution < -0.4 is 0 Å². The highest BCUT2D eigenvalue weighted by Crippen LogP contribution is 2.46. The van der Waals surface area contributed by atoms with Gasteiger partial charge in [-0.1, -0.05) is 115 Å². The maximum absolute atomic E-state index is 5.08. The van der Waals surface area contributed by atoms with Crippen molar-refractivity contribution < 1.29 is 0 Å². The van der Waals surface area contributed by atoms with Gasteiger partial charge in [-0.3, -0.25) is 0 Å². The van der Waals surface area contributed by atoms with Crippen LogP contribution in [0.2, 0.25) is 0 Å². The maximum atomic E-state index is 5.08. The highest BCUT2D eigenvalue weighted by molar-refractivity contribution is 7.18. The minimum Gasteiger partial charge on any atom is -0.309 e. The van der Waals surface area contributed by atoms with Gasteiger partial charge in [-0.2, -0.15) is 0 Å². The van der Waals surface area contributed by atoms with Crippen LogP contribution in [-0.2, 0) is 0 Å². The second-order valence-corrected chi connectivity index (χ2v) is 13.1. The quantitative estimate of drug-likeness (QED) is 0.194. The SMILES string of the molecule is c1ccc(-c2cc(-c3ccccc3)nc(-c3ccc(-n4c5ccc6ccccc6c5c5c6sccc6c6ccccc6c54)cc3)n2)cc1. The molecule has 0 amide bonds. The van der Waals surface area contributed by atoms with Crippen LogP contribution in [-0.4, -0.2) is 14.5 Å². The number of nitrogens with zero attached hydrogens (tertiary/aromatic N) is 3. The van der Waals surface area contributed by atoms with Gasteiger partial charge in [-0.05, 0) is 64.0 Å². The monoisotopic (exact) mass is 629 g/mol. The van der Waals surface area contributed by atoms with Crippen molar-refractivity contribution in [3.8, 4) is 39.6 Å². The third-order valence-electron chi connectivity index (χ3n) is 9.47. The number of hydrogen-bond donors (Lipinski definition) is 0. The lowest BCUT2D eigenvalue weighted by Gasteiger charge is -2.12. The highest BCUT2D eigenvalue weighted by Gasteiger charge is 2.21. The third-order valence-corrected chi connectivity index (χ3v) is 10.4. The largest absolute Gasteiger partial charge is 0.309 e. The first kappa shape index (κ1) is 27.1. The summed E-state index contributed by atoms with van der Waals surface area (Å²) in [7, 11) is 0. The molecule has 0 aliphatic carbocycles. The fourth-order valence-electron chi connectivity index (χ4n) is 7.29. The maximum Gasteiger partial charge on any atom is 0.160 e. The third kappa shape index (κ3) is 4.13. The van der Waals surface area contributed by atoms with Gasteiger partial charge in [0.2, 0.25) is 0 Å². The van der Waals surface area contributed by atoms with Crippen molar-refractivity contribution in [3.63, 3.8) is 0 Å². The Kier molecular flexibility index (Phi) is 6.05. The van der Waals surface area contributed by atoms with Gasteiger partial charge in [-0.25, -0.2) is 9.97 Å². The van der Waals surface area contributed by atoms with Crippen LogP contribution in [0.1, 0.15) is 0 Å². The topological polar surface area (TPSA) is 30.7 Å². The molecule has 224 valence electrons. The second kappa shape index (κ2) is 10.7. The van der Waals surface area contributed by atoms with Crippen molar-refractivity contribution in [1.82, 2.24) is 14.5 Å². The molecule has 0 saturated carbocycles. The second-order valence-electron chi connectivity index (χ2n) is 12.2. The molecule has 0 radical (unpaired) electrons. The van der Waals surface area contributed by atoms with Crippen LogP contribution in [0.25, 0.3) is 93.0 Å². The van der Waals surface area contributed by atoms with Crippen molar-refractivity contribution in [2.75, 3.05) is 0 Å². The molecule has 4 heteroatoms. The lowest BCUT2D eigenvalue weighted by molar-refractivity contribution is 1.17. The summed E-state index contributed by atoms with van der Waals surface area (Å²) in [4.78, 5) is 10.2. The summed E-state index contributed by atoms with van der Waals surface area (Å²) in [5.41, 5.74) is 8.49. The van der Waals surface area contributed by atoms with Gasteiger partial charge in [0, 0.05) is 48.6 Å². The molecule has 10 rings (SSSR count). The minimum atomic E-state index is 0.709. The first-order chi connectivity index (χ1) is 23.8. The average molecular weight is 630 g/mol. The lowest BCUT2D eigenvalue weighted by Crippen LogP contribution is -1.97. The van der Waals surface area contributed by atoms with Crippen LogP contribution in [0.4, 0.5) is 0 Å². The Bertz CT molecular complexity index is 2760. The van der Waals surface area contributed by atoms with E-state index < -0.39 is 0 Å². The molecule has 0 N–H and O–H groups in total. The number of aromatic nitrogens is 3. The van der Waals surface area contributed by atoms with Crippen molar-refractivity contribution in [2.45, 2.75) is 0 Å². The van der Waals surface area contributed by atoms with Gasteiger partial charge in [0.1, 0.15) is 0 Å². The van der Waals surface area contributed by atoms with Crippen LogP contribution in [0, 0.1) is 0 Å². The van der Waals surface area contributed by atoms with Crippen LogP contribution in [0.3, 0.4) is 0 Å². The molecule has 10 aromatic rings. The molecule has 0 aliphatic heterocycles. The number of hydrogen-bond acceptors (Lipinski definition) is 3. The summed E-state index contributed by atoms with van der Waals surface area (Å²) < 4.78 is 3.79. The van der Waals surface area contributed by atoms with E-state index in [1.54, 1.807) is 0 Å². The Morgan fingerprint density at radius 2 is 1.08 bits per heavy atom. The molecule has 0 unspecified atom stereocenters. The van der Waals surface area contributed by atoms with Gasteiger partial charge in [0.15, 0.2) is 5.82 Å². The number of benzene rings is 7. The lowest BCUT2D eigenvalue weighted by atomic mass is 9.99. The van der Waals surface area contributed by atoms with Crippen LogP contribution in [0.15, 0.2) is 163 Å². The standard InChI is InChI=1S/C44H27N3S/c1-3-12-29(13-4-1)37-27-38(30-14-5-2-6-15-30)46-44(45-37)31-19-22-32(23-20-31)47-39-24-21-28-11-7-8-16-33(28)40(39)41-42(47)35-18-10-9-17-34(35)36-25-26-48-43(36)41/h1-27H. The fourth-order valence-corrected chi connectivity index (χ4v) is 8.25. The minimum absolute atomic E-state index is 0.709. The average Bonchev–Trinajstić information content (AvgIpc) is 3.80. The molecule has 0 saturated heterocycles. The van der Waals surface area contributed by atoms with Crippen molar-refractivity contribution in [3.05, 3.63) is 163 Å². The molecule has 0 aliphatic rings. The van der Waals surface area contributed by atoms with E-state index in [9.17, 15) is 0 Å². The fraction of sp³-hybridized carbons (Fsp3) is 0. The molecule has 0 atom stereocenters. The van der Waals surface area contributed by atoms with Gasteiger partial charge >= 0.3 is 0 Å².